The van der Waals surface area contributed by atoms with Gasteiger partial charge in [-0.1, -0.05) is 12.1 Å². The highest BCUT2D eigenvalue weighted by Crippen LogP contribution is 2.30. The lowest BCUT2D eigenvalue weighted by atomic mass is 9.97. The van der Waals surface area contributed by atoms with Gasteiger partial charge in [0.25, 0.3) is 0 Å². The zero-order valence-corrected chi connectivity index (χ0v) is 20.6. The normalized spacial score (nSPS) is 24.3. The van der Waals surface area contributed by atoms with Crippen molar-refractivity contribution >= 4 is 33.4 Å². The number of methoxy groups -OCH3 is 2. The molecule has 2 fully saturated rings. The molecule has 1 aromatic carbocycles. The molecule has 1 heterocycles. The standard InChI is InChI=1S/C22H32ClN3O6S/c1-31-17-5-3-16(4-6-17)14-24-22(28)20-15-25(21(27)13-23)11-12-26(20)33(29,30)19-9-7-18(32-2)8-10-19/h3-6,18-20H,7-15H2,1-2H3,(H,24,28)/t18?,19?,20-/m1/s1. The number of ether oxygens (including phenoxy) is 2. The number of alkyl halides is 1. The van der Waals surface area contributed by atoms with E-state index < -0.39 is 27.2 Å². The average Bonchev–Trinajstić information content (AvgIpc) is 2.86. The fourth-order valence-electron chi connectivity index (χ4n) is 4.40. The van der Waals surface area contributed by atoms with Crippen molar-refractivity contribution in [3.05, 3.63) is 29.8 Å². The van der Waals surface area contributed by atoms with Crippen molar-refractivity contribution in [3.8, 4) is 5.75 Å². The molecule has 11 heteroatoms. The third kappa shape index (κ3) is 6.17. The molecule has 3 rings (SSSR count). The topological polar surface area (TPSA) is 105 Å². The third-order valence-corrected chi connectivity index (χ3v) is 9.06. The number of sulfonamides is 1. The van der Waals surface area contributed by atoms with Crippen LogP contribution in [0.15, 0.2) is 24.3 Å². The molecule has 1 aliphatic heterocycles. The number of nitrogens with zero attached hydrogens (tertiary/aromatic N) is 2. The first kappa shape index (κ1) is 25.7. The smallest absolute Gasteiger partial charge is 0.240 e. The number of halogens is 1. The van der Waals surface area contributed by atoms with Gasteiger partial charge in [-0.25, -0.2) is 8.42 Å². The molecule has 0 spiro atoms. The minimum Gasteiger partial charge on any atom is -0.497 e. The summed E-state index contributed by atoms with van der Waals surface area (Å²) >= 11 is 5.71. The monoisotopic (exact) mass is 501 g/mol. The predicted octanol–water partition coefficient (Wildman–Crippen LogP) is 1.35. The van der Waals surface area contributed by atoms with E-state index >= 15 is 0 Å². The van der Waals surface area contributed by atoms with Gasteiger partial charge in [-0.15, -0.1) is 11.6 Å². The Bertz CT molecular complexity index is 919. The molecule has 0 radical (unpaired) electrons. The molecular weight excluding hydrogens is 470 g/mol. The van der Waals surface area contributed by atoms with E-state index in [4.69, 9.17) is 21.1 Å². The summed E-state index contributed by atoms with van der Waals surface area (Å²) in [5.74, 6) is -0.268. The van der Waals surface area contributed by atoms with Crippen LogP contribution in [0.3, 0.4) is 0 Å². The van der Waals surface area contributed by atoms with E-state index in [0.29, 0.717) is 31.4 Å². The van der Waals surface area contributed by atoms with Crippen LogP contribution in [0, 0.1) is 0 Å². The Morgan fingerprint density at radius 1 is 1.09 bits per heavy atom. The van der Waals surface area contributed by atoms with Gasteiger partial charge in [0.1, 0.15) is 17.7 Å². The quantitative estimate of drug-likeness (QED) is 0.539. The molecule has 33 heavy (non-hydrogen) atoms. The summed E-state index contributed by atoms with van der Waals surface area (Å²) in [4.78, 5) is 26.8. The molecule has 1 saturated heterocycles. The number of rotatable bonds is 8. The number of carbonyl (C=O) groups excluding carboxylic acids is 2. The molecule has 1 aromatic rings. The van der Waals surface area contributed by atoms with Crippen LogP contribution in [0.1, 0.15) is 31.2 Å². The minimum atomic E-state index is -3.73. The van der Waals surface area contributed by atoms with Gasteiger partial charge < -0.3 is 19.7 Å². The van der Waals surface area contributed by atoms with E-state index in [9.17, 15) is 18.0 Å². The zero-order valence-electron chi connectivity index (χ0n) is 19.0. The summed E-state index contributed by atoms with van der Waals surface area (Å²) in [5.41, 5.74) is 0.848. The van der Waals surface area contributed by atoms with Gasteiger partial charge in [0.2, 0.25) is 21.8 Å². The van der Waals surface area contributed by atoms with E-state index in [1.807, 2.05) is 12.1 Å². The first-order valence-electron chi connectivity index (χ1n) is 11.1. The maximum Gasteiger partial charge on any atom is 0.240 e. The highest BCUT2D eigenvalue weighted by Gasteiger charge is 2.44. The SMILES string of the molecule is COc1ccc(CNC(=O)[C@H]2CN(C(=O)CCl)CCN2S(=O)(=O)C2CCC(OC)CC2)cc1. The van der Waals surface area contributed by atoms with Gasteiger partial charge in [0, 0.05) is 33.3 Å². The second-order valence-corrected chi connectivity index (χ2v) is 10.8. The van der Waals surface area contributed by atoms with Crippen molar-refractivity contribution in [3.63, 3.8) is 0 Å². The van der Waals surface area contributed by atoms with Crippen molar-refractivity contribution in [2.75, 3.05) is 39.7 Å². The third-order valence-electron chi connectivity index (χ3n) is 6.43. The number of piperazine rings is 1. The zero-order chi connectivity index (χ0) is 24.0. The summed E-state index contributed by atoms with van der Waals surface area (Å²) in [6.07, 6.45) is 2.38. The summed E-state index contributed by atoms with van der Waals surface area (Å²) in [6.45, 7) is 0.485. The van der Waals surface area contributed by atoms with Gasteiger partial charge in [-0.05, 0) is 43.4 Å². The Labute approximate surface area is 200 Å². The van der Waals surface area contributed by atoms with E-state index in [-0.39, 0.29) is 44.1 Å². The molecule has 1 aliphatic carbocycles. The fraction of sp³-hybridized carbons (Fsp3) is 0.636. The molecule has 2 aliphatic rings. The van der Waals surface area contributed by atoms with E-state index in [1.165, 1.54) is 9.21 Å². The summed E-state index contributed by atoms with van der Waals surface area (Å²) in [5, 5.41) is 2.27. The largest absolute Gasteiger partial charge is 0.497 e. The summed E-state index contributed by atoms with van der Waals surface area (Å²) in [6, 6.07) is 6.22. The molecule has 0 unspecified atom stereocenters. The maximum atomic E-state index is 13.5. The number of nitrogens with one attached hydrogen (secondary N) is 1. The van der Waals surface area contributed by atoms with Gasteiger partial charge in [0.15, 0.2) is 0 Å². The number of hydrogen-bond acceptors (Lipinski definition) is 6. The van der Waals surface area contributed by atoms with Gasteiger partial charge in [0.05, 0.1) is 18.5 Å². The molecular formula is C22H32ClN3O6S. The molecule has 184 valence electrons. The lowest BCUT2D eigenvalue weighted by molar-refractivity contribution is -0.134. The minimum absolute atomic E-state index is 0.0212. The van der Waals surface area contributed by atoms with Crippen molar-refractivity contribution in [2.24, 2.45) is 0 Å². The van der Waals surface area contributed by atoms with Crippen LogP contribution in [0.25, 0.3) is 0 Å². The predicted molar refractivity (Wildman–Crippen MR) is 125 cm³/mol. The van der Waals surface area contributed by atoms with E-state index in [2.05, 4.69) is 5.32 Å². The molecule has 1 saturated carbocycles. The van der Waals surface area contributed by atoms with Crippen molar-refractivity contribution in [2.45, 2.75) is 49.6 Å². The fourth-order valence-corrected chi connectivity index (χ4v) is 6.68. The Morgan fingerprint density at radius 3 is 2.33 bits per heavy atom. The number of amides is 2. The first-order chi connectivity index (χ1) is 15.8. The second kappa shape index (κ2) is 11.5. The molecule has 0 aromatic heterocycles. The highest BCUT2D eigenvalue weighted by atomic mass is 35.5. The summed E-state index contributed by atoms with van der Waals surface area (Å²) in [7, 11) is -0.521. The van der Waals surface area contributed by atoms with Gasteiger partial charge in [-0.3, -0.25) is 9.59 Å². The van der Waals surface area contributed by atoms with Gasteiger partial charge >= 0.3 is 0 Å². The van der Waals surface area contributed by atoms with Crippen LogP contribution < -0.4 is 10.1 Å². The van der Waals surface area contributed by atoms with Crippen molar-refractivity contribution in [1.29, 1.82) is 0 Å². The van der Waals surface area contributed by atoms with Crippen LogP contribution in [0.2, 0.25) is 0 Å². The summed E-state index contributed by atoms with van der Waals surface area (Å²) < 4.78 is 38.8. The molecule has 1 N–H and O–H groups in total. The van der Waals surface area contributed by atoms with Gasteiger partial charge in [-0.2, -0.15) is 4.31 Å². The molecule has 0 bridgehead atoms. The Hall–Kier alpha value is -1.88. The number of benzene rings is 1. The molecule has 2 amide bonds. The number of carbonyl (C=O) groups is 2. The highest BCUT2D eigenvalue weighted by molar-refractivity contribution is 7.89. The maximum absolute atomic E-state index is 13.5. The van der Waals surface area contributed by atoms with Crippen molar-refractivity contribution < 1.29 is 27.5 Å². The van der Waals surface area contributed by atoms with Crippen LogP contribution >= 0.6 is 11.6 Å². The Morgan fingerprint density at radius 2 is 1.76 bits per heavy atom. The molecule has 9 nitrogen and oxygen atoms in total. The first-order valence-corrected chi connectivity index (χ1v) is 13.1. The van der Waals surface area contributed by atoms with Crippen LogP contribution in [0.5, 0.6) is 5.75 Å². The lowest BCUT2D eigenvalue weighted by Gasteiger charge is -2.41. The van der Waals surface area contributed by atoms with Crippen LogP contribution in [0.4, 0.5) is 0 Å². The van der Waals surface area contributed by atoms with Crippen LogP contribution in [-0.4, -0.2) is 86.6 Å². The Balaban J connectivity index is 1.74. The van der Waals surface area contributed by atoms with E-state index in [0.717, 1.165) is 5.56 Å². The number of hydrogen-bond donors (Lipinski definition) is 1. The van der Waals surface area contributed by atoms with Crippen molar-refractivity contribution in [1.82, 2.24) is 14.5 Å². The molecule has 1 atom stereocenters. The van der Waals surface area contributed by atoms with E-state index in [1.54, 1.807) is 26.4 Å². The average molecular weight is 502 g/mol. The lowest BCUT2D eigenvalue weighted by Crippen LogP contribution is -2.63. The Kier molecular flexibility index (Phi) is 8.97. The second-order valence-electron chi connectivity index (χ2n) is 8.35. The van der Waals surface area contributed by atoms with Crippen LogP contribution in [-0.2, 0) is 30.9 Å².